The number of hydrogen-bond donors (Lipinski definition) is 5. The zero-order valence-electron chi connectivity index (χ0n) is 24.0. The number of amides is 2. The SMILES string of the molecule is CN=C(NC)NCCCC(N)C(=O)NCCSCC(=O)NCCCCC1(C)CCCCCCCCCC1. The van der Waals surface area contributed by atoms with Crippen LogP contribution in [-0.2, 0) is 9.59 Å². The second-order valence-corrected chi connectivity index (χ2v) is 11.9. The number of aliphatic imine (C=N–C) groups is 1. The van der Waals surface area contributed by atoms with Crippen LogP contribution >= 0.6 is 11.8 Å². The molecule has 1 aliphatic rings. The molecular weight excluding hydrogens is 484 g/mol. The van der Waals surface area contributed by atoms with Gasteiger partial charge in [0.25, 0.3) is 0 Å². The third-order valence-electron chi connectivity index (χ3n) is 7.40. The van der Waals surface area contributed by atoms with Crippen LogP contribution in [0.4, 0.5) is 0 Å². The lowest BCUT2D eigenvalue weighted by molar-refractivity contribution is -0.122. The fourth-order valence-electron chi connectivity index (χ4n) is 4.98. The van der Waals surface area contributed by atoms with Gasteiger partial charge in [0, 0.05) is 39.5 Å². The van der Waals surface area contributed by atoms with Gasteiger partial charge in [0.2, 0.25) is 11.8 Å². The number of nitrogens with two attached hydrogens (primary N) is 1. The van der Waals surface area contributed by atoms with Gasteiger partial charge in [-0.05, 0) is 43.9 Å². The van der Waals surface area contributed by atoms with Crippen LogP contribution in [0.2, 0.25) is 0 Å². The molecule has 0 saturated heterocycles. The van der Waals surface area contributed by atoms with Gasteiger partial charge in [-0.2, -0.15) is 11.8 Å². The summed E-state index contributed by atoms with van der Waals surface area (Å²) in [5.74, 6) is 1.79. The molecule has 8 nitrogen and oxygen atoms in total. The van der Waals surface area contributed by atoms with Gasteiger partial charge in [0.15, 0.2) is 5.96 Å². The third-order valence-corrected chi connectivity index (χ3v) is 8.36. The molecule has 1 saturated carbocycles. The van der Waals surface area contributed by atoms with Crippen molar-refractivity contribution in [3.63, 3.8) is 0 Å². The maximum absolute atomic E-state index is 12.1. The van der Waals surface area contributed by atoms with E-state index in [9.17, 15) is 9.59 Å². The molecule has 1 atom stereocenters. The van der Waals surface area contributed by atoms with E-state index in [2.05, 4.69) is 33.2 Å². The molecule has 0 radical (unpaired) electrons. The molecule has 1 aliphatic carbocycles. The molecule has 0 aromatic heterocycles. The number of nitrogens with zero attached hydrogens (tertiary/aromatic N) is 1. The number of rotatable bonds is 15. The predicted molar refractivity (Wildman–Crippen MR) is 159 cm³/mol. The Labute approximate surface area is 230 Å². The Morgan fingerprint density at radius 2 is 1.51 bits per heavy atom. The average molecular weight is 541 g/mol. The Hall–Kier alpha value is -1.48. The van der Waals surface area contributed by atoms with Gasteiger partial charge in [-0.25, -0.2) is 0 Å². The first-order valence-electron chi connectivity index (χ1n) is 14.7. The minimum Gasteiger partial charge on any atom is -0.359 e. The predicted octanol–water partition coefficient (Wildman–Crippen LogP) is 3.95. The quantitative estimate of drug-likeness (QED) is 0.122. The van der Waals surface area contributed by atoms with E-state index in [1.165, 1.54) is 77.0 Å². The Bertz CT molecular complexity index is 634. The molecular formula is C28H56N6O2S. The Morgan fingerprint density at radius 1 is 0.892 bits per heavy atom. The van der Waals surface area contributed by atoms with Crippen molar-refractivity contribution in [1.82, 2.24) is 21.3 Å². The summed E-state index contributed by atoms with van der Waals surface area (Å²) < 4.78 is 0. The molecule has 0 aromatic rings. The highest BCUT2D eigenvalue weighted by Gasteiger charge is 2.23. The lowest BCUT2D eigenvalue weighted by Crippen LogP contribution is -2.42. The van der Waals surface area contributed by atoms with E-state index < -0.39 is 6.04 Å². The van der Waals surface area contributed by atoms with Crippen molar-refractivity contribution in [3.8, 4) is 0 Å². The van der Waals surface area contributed by atoms with E-state index in [1.54, 1.807) is 25.9 Å². The second kappa shape index (κ2) is 21.5. The van der Waals surface area contributed by atoms with Crippen molar-refractivity contribution in [2.45, 2.75) is 109 Å². The molecule has 1 unspecified atom stereocenters. The summed E-state index contributed by atoms with van der Waals surface area (Å²) in [6, 6.07) is -0.519. The first-order chi connectivity index (χ1) is 17.9. The molecule has 6 N–H and O–H groups in total. The molecule has 216 valence electrons. The van der Waals surface area contributed by atoms with Gasteiger partial charge in [-0.15, -0.1) is 0 Å². The van der Waals surface area contributed by atoms with Crippen molar-refractivity contribution >= 4 is 29.5 Å². The third kappa shape index (κ3) is 17.6. The molecule has 2 amide bonds. The summed E-state index contributed by atoms with van der Waals surface area (Å²) in [6.07, 6.45) is 18.8. The largest absolute Gasteiger partial charge is 0.359 e. The number of carbonyl (C=O) groups is 2. The number of thioether (sulfide) groups is 1. The maximum Gasteiger partial charge on any atom is 0.236 e. The van der Waals surface area contributed by atoms with Crippen LogP contribution in [0.1, 0.15) is 103 Å². The van der Waals surface area contributed by atoms with Gasteiger partial charge >= 0.3 is 0 Å². The molecule has 0 aliphatic heterocycles. The topological polar surface area (TPSA) is 121 Å². The van der Waals surface area contributed by atoms with Gasteiger partial charge in [-0.3, -0.25) is 14.6 Å². The summed E-state index contributed by atoms with van der Waals surface area (Å²) >= 11 is 1.54. The van der Waals surface area contributed by atoms with Crippen LogP contribution in [0.3, 0.4) is 0 Å². The van der Waals surface area contributed by atoms with E-state index in [1.807, 2.05) is 0 Å². The molecule has 1 rings (SSSR count). The van der Waals surface area contributed by atoms with Crippen LogP contribution in [0.5, 0.6) is 0 Å². The number of unbranched alkanes of at least 4 members (excludes halogenated alkanes) is 1. The number of guanidine groups is 1. The molecule has 0 aromatic carbocycles. The van der Waals surface area contributed by atoms with Crippen LogP contribution in [0.25, 0.3) is 0 Å². The molecule has 0 spiro atoms. The van der Waals surface area contributed by atoms with Crippen LogP contribution in [-0.4, -0.2) is 69.1 Å². The van der Waals surface area contributed by atoms with Crippen molar-refractivity contribution in [2.75, 3.05) is 45.2 Å². The molecule has 37 heavy (non-hydrogen) atoms. The number of nitrogens with one attached hydrogen (secondary N) is 4. The maximum atomic E-state index is 12.1. The first kappa shape index (κ1) is 33.5. The monoisotopic (exact) mass is 540 g/mol. The number of hydrogen-bond acceptors (Lipinski definition) is 5. The van der Waals surface area contributed by atoms with Crippen molar-refractivity contribution in [1.29, 1.82) is 0 Å². The molecule has 9 heteroatoms. The van der Waals surface area contributed by atoms with Crippen LogP contribution in [0, 0.1) is 5.41 Å². The molecule has 0 bridgehead atoms. The minimum atomic E-state index is -0.519. The summed E-state index contributed by atoms with van der Waals surface area (Å²) in [6.45, 7) is 4.48. The smallest absolute Gasteiger partial charge is 0.236 e. The molecule has 0 heterocycles. The van der Waals surface area contributed by atoms with Gasteiger partial charge in [0.1, 0.15) is 0 Å². The van der Waals surface area contributed by atoms with Gasteiger partial charge in [0.05, 0.1) is 11.8 Å². The van der Waals surface area contributed by atoms with Crippen LogP contribution < -0.4 is 27.0 Å². The Balaban J connectivity index is 2.05. The van der Waals surface area contributed by atoms with Crippen molar-refractivity contribution in [3.05, 3.63) is 0 Å². The second-order valence-electron chi connectivity index (χ2n) is 10.8. The van der Waals surface area contributed by atoms with E-state index in [0.717, 1.165) is 25.3 Å². The van der Waals surface area contributed by atoms with E-state index in [4.69, 9.17) is 5.73 Å². The van der Waals surface area contributed by atoms with Gasteiger partial charge in [-0.1, -0.05) is 64.7 Å². The fourth-order valence-corrected chi connectivity index (χ4v) is 5.65. The summed E-state index contributed by atoms with van der Waals surface area (Å²) in [4.78, 5) is 28.3. The summed E-state index contributed by atoms with van der Waals surface area (Å²) in [7, 11) is 3.52. The molecule has 1 fully saturated rings. The standard InChI is InChI=1S/C28H56N6O2S/c1-28(16-10-8-6-4-5-7-9-11-17-28)18-12-13-19-32-25(35)23-37-22-21-33-26(36)24(29)15-14-20-34-27(30-2)31-3/h24H,4-23,29H2,1-3H3,(H,32,35)(H,33,36)(H2,30,31,34). The highest BCUT2D eigenvalue weighted by molar-refractivity contribution is 7.99. The Morgan fingerprint density at radius 3 is 2.14 bits per heavy atom. The zero-order chi connectivity index (χ0) is 27.2. The van der Waals surface area contributed by atoms with E-state index >= 15 is 0 Å². The first-order valence-corrected chi connectivity index (χ1v) is 15.8. The van der Waals surface area contributed by atoms with Crippen molar-refractivity contribution in [2.24, 2.45) is 16.1 Å². The summed E-state index contributed by atoms with van der Waals surface area (Å²) in [5.41, 5.74) is 6.45. The fraction of sp³-hybridized carbons (Fsp3) is 0.893. The average Bonchev–Trinajstić information content (AvgIpc) is 2.93. The lowest BCUT2D eigenvalue weighted by atomic mass is 9.76. The Kier molecular flexibility index (Phi) is 19.5. The van der Waals surface area contributed by atoms with E-state index in [-0.39, 0.29) is 11.8 Å². The highest BCUT2D eigenvalue weighted by Crippen LogP contribution is 2.37. The minimum absolute atomic E-state index is 0.0817. The van der Waals surface area contributed by atoms with Crippen molar-refractivity contribution < 1.29 is 9.59 Å². The highest BCUT2D eigenvalue weighted by atomic mass is 32.2. The van der Waals surface area contributed by atoms with E-state index in [0.29, 0.717) is 36.4 Å². The normalized spacial score (nSPS) is 17.8. The lowest BCUT2D eigenvalue weighted by Gasteiger charge is -2.30. The van der Waals surface area contributed by atoms with Crippen LogP contribution in [0.15, 0.2) is 4.99 Å². The number of carbonyl (C=O) groups excluding carboxylic acids is 2. The zero-order valence-corrected chi connectivity index (χ0v) is 24.8. The van der Waals surface area contributed by atoms with Gasteiger partial charge < -0.3 is 27.0 Å². The summed E-state index contributed by atoms with van der Waals surface area (Å²) in [5, 5.41) is 12.0.